The van der Waals surface area contributed by atoms with Crippen LogP contribution in [-0.4, -0.2) is 29.2 Å². The minimum atomic E-state index is -0.559. The Kier molecular flexibility index (Phi) is 5.15. The molecule has 3 heterocycles. The predicted octanol–water partition coefficient (Wildman–Crippen LogP) is 3.69. The fourth-order valence-electron chi connectivity index (χ4n) is 3.25. The van der Waals surface area contributed by atoms with E-state index < -0.39 is 5.91 Å². The van der Waals surface area contributed by atoms with Crippen LogP contribution in [0.4, 0.5) is 5.69 Å². The van der Waals surface area contributed by atoms with Crippen LogP contribution >= 0.6 is 23.1 Å². The van der Waals surface area contributed by atoms with Crippen molar-refractivity contribution < 1.29 is 14.3 Å². The molecule has 3 aromatic rings. The van der Waals surface area contributed by atoms with Crippen molar-refractivity contribution >= 4 is 40.6 Å². The molecule has 0 bridgehead atoms. The first-order valence-electron chi connectivity index (χ1n) is 8.73. The van der Waals surface area contributed by atoms with Gasteiger partial charge in [-0.2, -0.15) is 11.8 Å². The lowest BCUT2D eigenvalue weighted by molar-refractivity contribution is 0.0996. The second kappa shape index (κ2) is 7.73. The SMILES string of the molecule is COc1ccc(C(N)=O)cc1NC(=O)c1c(-n2cccc2)sc2c1CCSC2. The highest BCUT2D eigenvalue weighted by Crippen LogP contribution is 2.39. The number of amides is 2. The molecule has 1 aliphatic rings. The molecule has 0 saturated carbocycles. The topological polar surface area (TPSA) is 86.3 Å². The summed E-state index contributed by atoms with van der Waals surface area (Å²) in [6.45, 7) is 0. The third-order valence-corrected chi connectivity index (χ3v) is 7.01. The zero-order chi connectivity index (χ0) is 19.7. The second-order valence-corrected chi connectivity index (χ2v) is 8.50. The lowest BCUT2D eigenvalue weighted by Gasteiger charge is -2.15. The van der Waals surface area contributed by atoms with E-state index in [1.165, 1.54) is 12.0 Å². The van der Waals surface area contributed by atoms with E-state index in [2.05, 4.69) is 5.32 Å². The van der Waals surface area contributed by atoms with Gasteiger partial charge < -0.3 is 20.4 Å². The maximum atomic E-state index is 13.3. The minimum Gasteiger partial charge on any atom is -0.495 e. The second-order valence-electron chi connectivity index (χ2n) is 6.31. The number of primary amides is 1. The monoisotopic (exact) mass is 413 g/mol. The van der Waals surface area contributed by atoms with E-state index in [1.807, 2.05) is 40.9 Å². The number of thiophene rings is 1. The molecule has 6 nitrogen and oxygen atoms in total. The van der Waals surface area contributed by atoms with Crippen LogP contribution in [0.15, 0.2) is 42.7 Å². The number of nitrogens with one attached hydrogen (secondary N) is 1. The van der Waals surface area contributed by atoms with E-state index in [-0.39, 0.29) is 5.91 Å². The molecule has 3 N–H and O–H groups in total. The van der Waals surface area contributed by atoms with Crippen LogP contribution in [0.5, 0.6) is 5.75 Å². The quantitative estimate of drug-likeness (QED) is 0.668. The van der Waals surface area contributed by atoms with Crippen molar-refractivity contribution in [3.8, 4) is 10.8 Å². The molecule has 8 heteroatoms. The maximum Gasteiger partial charge on any atom is 0.259 e. The molecule has 0 saturated heterocycles. The average molecular weight is 414 g/mol. The van der Waals surface area contributed by atoms with Gasteiger partial charge in [0.2, 0.25) is 5.91 Å². The normalized spacial score (nSPS) is 13.0. The molecule has 0 spiro atoms. The lowest BCUT2D eigenvalue weighted by Crippen LogP contribution is -2.18. The standard InChI is InChI=1S/C20H19N3O3S2/c1-26-15-5-4-12(18(21)24)10-14(15)22-19(25)17-13-6-9-27-11-16(13)28-20(17)23-7-2-3-8-23/h2-5,7-8,10H,6,9,11H2,1H3,(H2,21,24)(H,22,25). The number of nitrogens with zero attached hydrogens (tertiary/aromatic N) is 1. The number of fused-ring (bicyclic) bond motifs is 1. The number of hydrogen-bond acceptors (Lipinski definition) is 5. The number of rotatable bonds is 5. The van der Waals surface area contributed by atoms with Crippen LogP contribution in [-0.2, 0) is 12.2 Å². The Morgan fingerprint density at radius 2 is 2.04 bits per heavy atom. The van der Waals surface area contributed by atoms with Crippen molar-refractivity contribution in [2.24, 2.45) is 5.73 Å². The molecule has 28 heavy (non-hydrogen) atoms. The van der Waals surface area contributed by atoms with Gasteiger partial charge in [-0.15, -0.1) is 11.3 Å². The zero-order valence-corrected chi connectivity index (χ0v) is 16.9. The Hall–Kier alpha value is -2.71. The number of methoxy groups -OCH3 is 1. The van der Waals surface area contributed by atoms with Crippen molar-refractivity contribution in [1.82, 2.24) is 4.57 Å². The number of carbonyl (C=O) groups excluding carboxylic acids is 2. The molecule has 4 rings (SSSR count). The number of aromatic nitrogens is 1. The van der Waals surface area contributed by atoms with Crippen LogP contribution in [0.1, 0.15) is 31.2 Å². The summed E-state index contributed by atoms with van der Waals surface area (Å²) < 4.78 is 7.31. The first kappa shape index (κ1) is 18.6. The highest BCUT2D eigenvalue weighted by Gasteiger charge is 2.27. The van der Waals surface area contributed by atoms with Crippen molar-refractivity contribution in [1.29, 1.82) is 0 Å². The number of anilines is 1. The summed E-state index contributed by atoms with van der Waals surface area (Å²) >= 11 is 3.53. The van der Waals surface area contributed by atoms with Gasteiger partial charge >= 0.3 is 0 Å². The lowest BCUT2D eigenvalue weighted by atomic mass is 10.1. The molecule has 1 aliphatic heterocycles. The highest BCUT2D eigenvalue weighted by molar-refractivity contribution is 7.98. The number of hydrogen-bond donors (Lipinski definition) is 2. The van der Waals surface area contributed by atoms with Gasteiger partial charge in [0, 0.05) is 28.6 Å². The van der Waals surface area contributed by atoms with Gasteiger partial charge in [-0.05, 0) is 48.1 Å². The number of ether oxygens (including phenoxy) is 1. The third-order valence-electron chi connectivity index (χ3n) is 4.60. The molecule has 0 unspecified atom stereocenters. The van der Waals surface area contributed by atoms with Gasteiger partial charge in [-0.25, -0.2) is 0 Å². The molecule has 0 fully saturated rings. The van der Waals surface area contributed by atoms with Gasteiger partial charge in [0.15, 0.2) is 0 Å². The fraction of sp³-hybridized carbons (Fsp3) is 0.200. The summed E-state index contributed by atoms with van der Waals surface area (Å²) in [7, 11) is 1.52. The Morgan fingerprint density at radius 3 is 2.75 bits per heavy atom. The van der Waals surface area contributed by atoms with Gasteiger partial charge in [0.25, 0.3) is 5.91 Å². The van der Waals surface area contributed by atoms with Gasteiger partial charge in [-0.1, -0.05) is 0 Å². The first-order chi connectivity index (χ1) is 13.6. The van der Waals surface area contributed by atoms with Crippen molar-refractivity contribution in [3.63, 3.8) is 0 Å². The Morgan fingerprint density at radius 1 is 1.25 bits per heavy atom. The summed E-state index contributed by atoms with van der Waals surface area (Å²) in [4.78, 5) is 26.1. The third kappa shape index (κ3) is 3.41. The zero-order valence-electron chi connectivity index (χ0n) is 15.2. The van der Waals surface area contributed by atoms with E-state index in [4.69, 9.17) is 10.5 Å². The minimum absolute atomic E-state index is 0.215. The molecule has 0 radical (unpaired) electrons. The van der Waals surface area contributed by atoms with E-state index in [1.54, 1.807) is 29.5 Å². The Balaban J connectivity index is 1.76. The number of benzene rings is 1. The number of nitrogens with two attached hydrogens (primary N) is 1. The van der Waals surface area contributed by atoms with Crippen LogP contribution < -0.4 is 15.8 Å². The van der Waals surface area contributed by atoms with Crippen molar-refractivity contribution in [3.05, 3.63) is 64.3 Å². The maximum absolute atomic E-state index is 13.3. The number of thioether (sulfide) groups is 1. The first-order valence-corrected chi connectivity index (χ1v) is 10.7. The Labute approximate surface area is 170 Å². The number of carbonyl (C=O) groups is 2. The predicted molar refractivity (Wildman–Crippen MR) is 113 cm³/mol. The van der Waals surface area contributed by atoms with Crippen LogP contribution in [0.25, 0.3) is 5.00 Å². The molecular formula is C20H19N3O3S2. The van der Waals surface area contributed by atoms with Gasteiger partial charge in [-0.3, -0.25) is 9.59 Å². The molecule has 144 valence electrons. The van der Waals surface area contributed by atoms with Gasteiger partial charge in [0.1, 0.15) is 10.8 Å². The van der Waals surface area contributed by atoms with E-state index in [0.717, 1.165) is 28.5 Å². The largest absolute Gasteiger partial charge is 0.495 e. The molecular weight excluding hydrogens is 394 g/mol. The summed E-state index contributed by atoms with van der Waals surface area (Å²) in [6, 6.07) is 8.63. The van der Waals surface area contributed by atoms with Crippen molar-refractivity contribution in [2.45, 2.75) is 12.2 Å². The fourth-order valence-corrected chi connectivity index (χ4v) is 5.69. The smallest absolute Gasteiger partial charge is 0.259 e. The summed E-state index contributed by atoms with van der Waals surface area (Å²) in [5.41, 5.74) is 7.91. The average Bonchev–Trinajstić information content (AvgIpc) is 3.35. The van der Waals surface area contributed by atoms with Crippen LogP contribution in [0.2, 0.25) is 0 Å². The summed E-state index contributed by atoms with van der Waals surface area (Å²) in [5.74, 6) is 1.61. The molecule has 0 aliphatic carbocycles. The van der Waals surface area contributed by atoms with Crippen LogP contribution in [0.3, 0.4) is 0 Å². The van der Waals surface area contributed by atoms with E-state index in [0.29, 0.717) is 22.6 Å². The highest BCUT2D eigenvalue weighted by atomic mass is 32.2. The van der Waals surface area contributed by atoms with E-state index >= 15 is 0 Å². The summed E-state index contributed by atoms with van der Waals surface area (Å²) in [5, 5.41) is 3.83. The molecule has 2 aromatic heterocycles. The van der Waals surface area contributed by atoms with Crippen molar-refractivity contribution in [2.75, 3.05) is 18.2 Å². The molecule has 2 amide bonds. The Bertz CT molecular complexity index is 1040. The van der Waals surface area contributed by atoms with Crippen LogP contribution in [0, 0.1) is 0 Å². The van der Waals surface area contributed by atoms with Gasteiger partial charge in [0.05, 0.1) is 18.4 Å². The van der Waals surface area contributed by atoms with E-state index in [9.17, 15) is 9.59 Å². The molecule has 1 aromatic carbocycles. The molecule has 0 atom stereocenters. The summed E-state index contributed by atoms with van der Waals surface area (Å²) in [6.07, 6.45) is 4.74.